The molecule has 6 nitrogen and oxygen atoms in total. The lowest BCUT2D eigenvalue weighted by molar-refractivity contribution is 0.147. The predicted octanol–water partition coefficient (Wildman–Crippen LogP) is 3.20. The average molecular weight is 353 g/mol. The second kappa shape index (κ2) is 6.85. The molecule has 0 unspecified atom stereocenters. The molecule has 1 aliphatic rings. The molecule has 3 aromatic rings. The number of piperazine rings is 1. The molecule has 2 aromatic heterocycles. The molecule has 0 amide bonds. The van der Waals surface area contributed by atoms with E-state index in [0.717, 1.165) is 67.0 Å². The van der Waals surface area contributed by atoms with Gasteiger partial charge >= 0.3 is 0 Å². The minimum absolute atomic E-state index is 0.0798. The molecule has 0 radical (unpaired) electrons. The molecule has 4 rings (SSSR count). The van der Waals surface area contributed by atoms with Gasteiger partial charge in [-0.05, 0) is 39.4 Å². The Bertz CT molecular complexity index is 895. The summed E-state index contributed by atoms with van der Waals surface area (Å²) in [4.78, 5) is 13.8. The SMILES string of the molecule is CN1CCN(CCC(C)(C)Nc2ncnc3c2oc2ccccc23)CC1. The third kappa shape index (κ3) is 3.52. The first kappa shape index (κ1) is 17.2. The maximum Gasteiger partial charge on any atom is 0.196 e. The number of likely N-dealkylation sites (N-methyl/N-ethyl adjacent to an activating group) is 1. The van der Waals surface area contributed by atoms with Crippen LogP contribution in [0, 0.1) is 0 Å². The Hall–Kier alpha value is -2.18. The maximum atomic E-state index is 6.03. The molecule has 1 aromatic carbocycles. The number of benzene rings is 1. The smallest absolute Gasteiger partial charge is 0.196 e. The van der Waals surface area contributed by atoms with Crippen molar-refractivity contribution < 1.29 is 4.42 Å². The van der Waals surface area contributed by atoms with Crippen LogP contribution in [0.4, 0.5) is 5.82 Å². The van der Waals surface area contributed by atoms with Crippen LogP contribution in [0.1, 0.15) is 20.3 Å². The van der Waals surface area contributed by atoms with E-state index in [-0.39, 0.29) is 5.54 Å². The van der Waals surface area contributed by atoms with Gasteiger partial charge in [-0.15, -0.1) is 0 Å². The third-order valence-corrected chi connectivity index (χ3v) is 5.26. The summed E-state index contributed by atoms with van der Waals surface area (Å²) in [6, 6.07) is 7.99. The lowest BCUT2D eigenvalue weighted by Crippen LogP contribution is -2.46. The summed E-state index contributed by atoms with van der Waals surface area (Å²) < 4.78 is 6.03. The second-order valence-corrected chi connectivity index (χ2v) is 7.90. The van der Waals surface area contributed by atoms with E-state index >= 15 is 0 Å². The molecular formula is C20H27N5O. The van der Waals surface area contributed by atoms with Gasteiger partial charge in [-0.25, -0.2) is 9.97 Å². The van der Waals surface area contributed by atoms with Gasteiger partial charge < -0.3 is 19.5 Å². The number of fused-ring (bicyclic) bond motifs is 3. The Morgan fingerprint density at radius 1 is 1.12 bits per heavy atom. The Labute approximate surface area is 154 Å². The summed E-state index contributed by atoms with van der Waals surface area (Å²) >= 11 is 0. The number of nitrogens with one attached hydrogen (secondary N) is 1. The zero-order valence-corrected chi connectivity index (χ0v) is 15.8. The van der Waals surface area contributed by atoms with Crippen molar-refractivity contribution in [3.63, 3.8) is 0 Å². The zero-order valence-electron chi connectivity index (χ0n) is 15.8. The van der Waals surface area contributed by atoms with E-state index in [9.17, 15) is 0 Å². The van der Waals surface area contributed by atoms with Crippen molar-refractivity contribution in [3.05, 3.63) is 30.6 Å². The summed E-state index contributed by atoms with van der Waals surface area (Å²) in [5, 5.41) is 4.62. The molecule has 6 heteroatoms. The third-order valence-electron chi connectivity index (χ3n) is 5.26. The first-order valence-corrected chi connectivity index (χ1v) is 9.33. The Balaban J connectivity index is 1.50. The van der Waals surface area contributed by atoms with Crippen LogP contribution in [0.2, 0.25) is 0 Å². The van der Waals surface area contributed by atoms with Crippen LogP contribution in [0.15, 0.2) is 35.0 Å². The molecule has 1 aliphatic heterocycles. The number of rotatable bonds is 5. The maximum absolute atomic E-state index is 6.03. The molecule has 26 heavy (non-hydrogen) atoms. The van der Waals surface area contributed by atoms with Crippen molar-refractivity contribution in [1.82, 2.24) is 19.8 Å². The highest BCUT2D eigenvalue weighted by Gasteiger charge is 2.23. The van der Waals surface area contributed by atoms with Crippen molar-refractivity contribution in [2.24, 2.45) is 0 Å². The van der Waals surface area contributed by atoms with Crippen LogP contribution in [0.5, 0.6) is 0 Å². The number of nitrogens with zero attached hydrogens (tertiary/aromatic N) is 4. The van der Waals surface area contributed by atoms with Crippen molar-refractivity contribution in [1.29, 1.82) is 0 Å². The molecule has 0 saturated carbocycles. The fraction of sp³-hybridized carbons (Fsp3) is 0.500. The average Bonchev–Trinajstić information content (AvgIpc) is 3.01. The molecule has 0 aliphatic carbocycles. The Kier molecular flexibility index (Phi) is 4.54. The molecule has 0 bridgehead atoms. The van der Waals surface area contributed by atoms with Gasteiger partial charge in [0.2, 0.25) is 0 Å². The molecule has 138 valence electrons. The Morgan fingerprint density at radius 2 is 1.88 bits per heavy atom. The highest BCUT2D eigenvalue weighted by atomic mass is 16.3. The monoisotopic (exact) mass is 353 g/mol. The van der Waals surface area contributed by atoms with E-state index in [4.69, 9.17) is 4.42 Å². The number of anilines is 1. The lowest BCUT2D eigenvalue weighted by Gasteiger charge is -2.35. The van der Waals surface area contributed by atoms with E-state index in [1.807, 2.05) is 24.3 Å². The van der Waals surface area contributed by atoms with Gasteiger partial charge in [-0.3, -0.25) is 0 Å². The molecular weight excluding hydrogens is 326 g/mol. The quantitative estimate of drug-likeness (QED) is 0.760. The van der Waals surface area contributed by atoms with Gasteiger partial charge in [0.05, 0.1) is 0 Å². The molecule has 0 spiro atoms. The van der Waals surface area contributed by atoms with Crippen LogP contribution in [-0.2, 0) is 0 Å². The Morgan fingerprint density at radius 3 is 2.69 bits per heavy atom. The number of para-hydroxylation sites is 1. The largest absolute Gasteiger partial charge is 0.450 e. The number of hydrogen-bond donors (Lipinski definition) is 1. The molecule has 0 atom stereocenters. The summed E-state index contributed by atoms with van der Waals surface area (Å²) in [5.74, 6) is 0.773. The predicted molar refractivity (Wildman–Crippen MR) is 106 cm³/mol. The lowest BCUT2D eigenvalue weighted by atomic mass is 10.00. The van der Waals surface area contributed by atoms with Gasteiger partial charge in [0.25, 0.3) is 0 Å². The van der Waals surface area contributed by atoms with E-state index in [2.05, 4.69) is 46.0 Å². The second-order valence-electron chi connectivity index (χ2n) is 7.90. The van der Waals surface area contributed by atoms with E-state index in [0.29, 0.717) is 0 Å². The molecule has 1 fully saturated rings. The first-order chi connectivity index (χ1) is 12.5. The van der Waals surface area contributed by atoms with Crippen molar-refractivity contribution in [2.75, 3.05) is 45.1 Å². The van der Waals surface area contributed by atoms with E-state index < -0.39 is 0 Å². The van der Waals surface area contributed by atoms with Gasteiger partial charge in [0, 0.05) is 43.6 Å². The van der Waals surface area contributed by atoms with E-state index in [1.54, 1.807) is 6.33 Å². The van der Waals surface area contributed by atoms with Crippen molar-refractivity contribution in [3.8, 4) is 0 Å². The number of aromatic nitrogens is 2. The van der Waals surface area contributed by atoms with Gasteiger partial charge in [-0.1, -0.05) is 12.1 Å². The van der Waals surface area contributed by atoms with Crippen LogP contribution in [0.3, 0.4) is 0 Å². The topological polar surface area (TPSA) is 57.4 Å². The molecule has 1 N–H and O–H groups in total. The van der Waals surface area contributed by atoms with Crippen LogP contribution < -0.4 is 5.32 Å². The van der Waals surface area contributed by atoms with Crippen molar-refractivity contribution >= 4 is 27.9 Å². The minimum atomic E-state index is -0.0798. The number of furan rings is 1. The summed E-state index contributed by atoms with van der Waals surface area (Å²) in [6.45, 7) is 10.1. The summed E-state index contributed by atoms with van der Waals surface area (Å²) in [6.07, 6.45) is 2.66. The minimum Gasteiger partial charge on any atom is -0.450 e. The summed E-state index contributed by atoms with van der Waals surface area (Å²) in [5.41, 5.74) is 2.37. The number of hydrogen-bond acceptors (Lipinski definition) is 6. The first-order valence-electron chi connectivity index (χ1n) is 9.33. The fourth-order valence-corrected chi connectivity index (χ4v) is 3.50. The van der Waals surface area contributed by atoms with Crippen molar-refractivity contribution in [2.45, 2.75) is 25.8 Å². The summed E-state index contributed by atoms with van der Waals surface area (Å²) in [7, 11) is 2.19. The van der Waals surface area contributed by atoms with E-state index in [1.165, 1.54) is 0 Å². The van der Waals surface area contributed by atoms with Crippen LogP contribution in [0.25, 0.3) is 22.1 Å². The van der Waals surface area contributed by atoms with Crippen LogP contribution in [-0.4, -0.2) is 65.1 Å². The molecule has 3 heterocycles. The van der Waals surface area contributed by atoms with Gasteiger partial charge in [0.1, 0.15) is 17.4 Å². The highest BCUT2D eigenvalue weighted by Crippen LogP contribution is 2.31. The zero-order chi connectivity index (χ0) is 18.1. The molecule has 1 saturated heterocycles. The normalized spacial score (nSPS) is 17.2. The van der Waals surface area contributed by atoms with Gasteiger partial charge in [0.15, 0.2) is 11.4 Å². The standard InChI is InChI=1S/C20H27N5O/c1-20(2,8-9-25-12-10-24(3)11-13-25)23-19-18-17(21-14-22-19)15-6-4-5-7-16(15)26-18/h4-7,14H,8-13H2,1-3H3,(H,21,22,23). The van der Waals surface area contributed by atoms with Gasteiger partial charge in [-0.2, -0.15) is 0 Å². The van der Waals surface area contributed by atoms with Crippen LogP contribution >= 0.6 is 0 Å². The fourth-order valence-electron chi connectivity index (χ4n) is 3.50. The highest BCUT2D eigenvalue weighted by molar-refractivity contribution is 6.05.